The molecule has 0 atom stereocenters. The van der Waals surface area contributed by atoms with Crippen molar-refractivity contribution in [1.82, 2.24) is 5.32 Å². The first-order chi connectivity index (χ1) is 7.76. The fraction of sp³-hybridized carbons (Fsp3) is 0.250. The summed E-state index contributed by atoms with van der Waals surface area (Å²) in [5.74, 6) is 2.57. The summed E-state index contributed by atoms with van der Waals surface area (Å²) in [6, 6.07) is 6.91. The second kappa shape index (κ2) is 6.49. The number of hydrogen-bond donors (Lipinski definition) is 2. The van der Waals surface area contributed by atoms with E-state index in [9.17, 15) is 4.79 Å². The van der Waals surface area contributed by atoms with Crippen LogP contribution in [0.25, 0.3) is 0 Å². The molecule has 0 fully saturated rings. The normalized spacial score (nSPS) is 9.25. The maximum absolute atomic E-state index is 11.1. The van der Waals surface area contributed by atoms with Crippen LogP contribution in [0, 0.1) is 12.3 Å². The summed E-state index contributed by atoms with van der Waals surface area (Å²) in [7, 11) is 0. The van der Waals surface area contributed by atoms with Crippen molar-refractivity contribution in [2.45, 2.75) is 6.61 Å². The van der Waals surface area contributed by atoms with E-state index in [0.29, 0.717) is 5.75 Å². The molecule has 1 aromatic carbocycles. The molecular formula is C12H13NO3. The van der Waals surface area contributed by atoms with Gasteiger partial charge in [0.2, 0.25) is 0 Å². The van der Waals surface area contributed by atoms with Crippen LogP contribution in [0.3, 0.4) is 0 Å². The largest absolute Gasteiger partial charge is 0.484 e. The lowest BCUT2D eigenvalue weighted by Gasteiger charge is -2.06. The predicted molar refractivity (Wildman–Crippen MR) is 59.7 cm³/mol. The number of terminal acetylenes is 1. The third-order valence-corrected chi connectivity index (χ3v) is 1.84. The zero-order chi connectivity index (χ0) is 11.8. The Kier molecular flexibility index (Phi) is 4.90. The monoisotopic (exact) mass is 219 g/mol. The summed E-state index contributed by atoms with van der Waals surface area (Å²) >= 11 is 0. The van der Waals surface area contributed by atoms with Gasteiger partial charge in [0.15, 0.2) is 6.61 Å². The van der Waals surface area contributed by atoms with Crippen molar-refractivity contribution in [2.75, 3.05) is 13.2 Å². The fourth-order valence-corrected chi connectivity index (χ4v) is 1.08. The van der Waals surface area contributed by atoms with E-state index < -0.39 is 0 Å². The van der Waals surface area contributed by atoms with Gasteiger partial charge in [-0.05, 0) is 17.7 Å². The summed E-state index contributed by atoms with van der Waals surface area (Å²) in [4.78, 5) is 11.1. The van der Waals surface area contributed by atoms with Gasteiger partial charge < -0.3 is 15.2 Å². The highest BCUT2D eigenvalue weighted by atomic mass is 16.5. The molecule has 0 aromatic heterocycles. The van der Waals surface area contributed by atoms with E-state index in [2.05, 4.69) is 11.2 Å². The smallest absolute Gasteiger partial charge is 0.258 e. The summed E-state index contributed by atoms with van der Waals surface area (Å²) in [6.07, 6.45) is 4.99. The maximum Gasteiger partial charge on any atom is 0.258 e. The van der Waals surface area contributed by atoms with Gasteiger partial charge in [-0.1, -0.05) is 18.1 Å². The molecule has 0 saturated carbocycles. The lowest BCUT2D eigenvalue weighted by Crippen LogP contribution is -2.29. The molecule has 2 N–H and O–H groups in total. The third kappa shape index (κ3) is 4.03. The van der Waals surface area contributed by atoms with Crippen molar-refractivity contribution in [3.05, 3.63) is 29.8 Å². The molecule has 0 spiro atoms. The molecule has 0 radical (unpaired) electrons. The number of ether oxygens (including phenoxy) is 1. The van der Waals surface area contributed by atoms with E-state index in [4.69, 9.17) is 16.3 Å². The fourth-order valence-electron chi connectivity index (χ4n) is 1.08. The predicted octanol–water partition coefficient (Wildman–Crippen LogP) is 0.307. The minimum Gasteiger partial charge on any atom is -0.484 e. The van der Waals surface area contributed by atoms with Crippen LogP contribution in [0.15, 0.2) is 24.3 Å². The van der Waals surface area contributed by atoms with Gasteiger partial charge in [-0.3, -0.25) is 4.79 Å². The Morgan fingerprint density at radius 1 is 1.56 bits per heavy atom. The molecule has 1 amide bonds. The van der Waals surface area contributed by atoms with Crippen molar-refractivity contribution < 1.29 is 14.6 Å². The van der Waals surface area contributed by atoms with Gasteiger partial charge in [0.1, 0.15) is 5.75 Å². The third-order valence-electron chi connectivity index (χ3n) is 1.84. The summed E-state index contributed by atoms with van der Waals surface area (Å²) < 4.78 is 5.22. The van der Waals surface area contributed by atoms with E-state index in [-0.39, 0.29) is 25.7 Å². The molecule has 0 aliphatic heterocycles. The molecule has 0 unspecified atom stereocenters. The first-order valence-corrected chi connectivity index (χ1v) is 4.79. The van der Waals surface area contributed by atoms with E-state index in [0.717, 1.165) is 5.56 Å². The number of benzene rings is 1. The molecule has 0 heterocycles. The van der Waals surface area contributed by atoms with Crippen LogP contribution in [0.5, 0.6) is 5.75 Å². The van der Waals surface area contributed by atoms with E-state index in [1.807, 2.05) is 0 Å². The van der Waals surface area contributed by atoms with Crippen LogP contribution in [-0.4, -0.2) is 24.2 Å². The van der Waals surface area contributed by atoms with Gasteiger partial charge in [0.05, 0.1) is 13.2 Å². The van der Waals surface area contributed by atoms with E-state index in [1.165, 1.54) is 0 Å². The number of hydrogen-bond acceptors (Lipinski definition) is 3. The van der Waals surface area contributed by atoms with Crippen LogP contribution < -0.4 is 10.1 Å². The van der Waals surface area contributed by atoms with Crippen LogP contribution in [0.1, 0.15) is 5.56 Å². The average molecular weight is 219 g/mol. The molecule has 1 rings (SSSR count). The molecule has 16 heavy (non-hydrogen) atoms. The van der Waals surface area contributed by atoms with Crippen molar-refractivity contribution in [3.8, 4) is 18.1 Å². The number of carbonyl (C=O) groups is 1. The molecule has 0 aliphatic carbocycles. The second-order valence-electron chi connectivity index (χ2n) is 3.08. The SMILES string of the molecule is C#CCNC(=O)COc1cccc(CO)c1. The molecule has 0 bridgehead atoms. The number of nitrogens with one attached hydrogen (secondary N) is 1. The highest BCUT2D eigenvalue weighted by molar-refractivity contribution is 5.77. The highest BCUT2D eigenvalue weighted by Gasteiger charge is 2.01. The van der Waals surface area contributed by atoms with Gasteiger partial charge in [-0.2, -0.15) is 0 Å². The van der Waals surface area contributed by atoms with Gasteiger partial charge in [0.25, 0.3) is 5.91 Å². The van der Waals surface area contributed by atoms with Crippen LogP contribution in [0.2, 0.25) is 0 Å². The zero-order valence-corrected chi connectivity index (χ0v) is 8.77. The number of amides is 1. The Balaban J connectivity index is 2.42. The molecule has 4 nitrogen and oxygen atoms in total. The van der Waals surface area contributed by atoms with Crippen molar-refractivity contribution in [3.63, 3.8) is 0 Å². The van der Waals surface area contributed by atoms with Crippen LogP contribution in [0.4, 0.5) is 0 Å². The summed E-state index contributed by atoms with van der Waals surface area (Å²) in [5.41, 5.74) is 0.738. The Morgan fingerprint density at radius 3 is 3.06 bits per heavy atom. The van der Waals surface area contributed by atoms with E-state index in [1.54, 1.807) is 24.3 Å². The molecule has 1 aromatic rings. The molecule has 4 heteroatoms. The molecule has 0 saturated heterocycles. The van der Waals surface area contributed by atoms with Crippen LogP contribution in [-0.2, 0) is 11.4 Å². The first-order valence-electron chi connectivity index (χ1n) is 4.79. The van der Waals surface area contributed by atoms with Crippen molar-refractivity contribution in [1.29, 1.82) is 0 Å². The number of carbonyl (C=O) groups excluding carboxylic acids is 1. The van der Waals surface area contributed by atoms with Gasteiger partial charge >= 0.3 is 0 Å². The Hall–Kier alpha value is -1.99. The zero-order valence-electron chi connectivity index (χ0n) is 8.77. The topological polar surface area (TPSA) is 58.6 Å². The van der Waals surface area contributed by atoms with Gasteiger partial charge in [-0.25, -0.2) is 0 Å². The van der Waals surface area contributed by atoms with E-state index >= 15 is 0 Å². The number of aliphatic hydroxyl groups excluding tert-OH is 1. The van der Waals surface area contributed by atoms with Gasteiger partial charge in [0, 0.05) is 0 Å². The molecular weight excluding hydrogens is 206 g/mol. The van der Waals surface area contributed by atoms with Crippen molar-refractivity contribution in [2.24, 2.45) is 0 Å². The minimum absolute atomic E-state index is 0.0551. The Labute approximate surface area is 94.2 Å². The lowest BCUT2D eigenvalue weighted by atomic mass is 10.2. The molecule has 84 valence electrons. The molecule has 0 aliphatic rings. The van der Waals surface area contributed by atoms with Gasteiger partial charge in [-0.15, -0.1) is 6.42 Å². The first kappa shape index (κ1) is 12.1. The quantitative estimate of drug-likeness (QED) is 0.701. The lowest BCUT2D eigenvalue weighted by molar-refractivity contribution is -0.122. The number of aliphatic hydroxyl groups is 1. The maximum atomic E-state index is 11.1. The average Bonchev–Trinajstić information content (AvgIpc) is 2.34. The minimum atomic E-state index is -0.271. The standard InChI is InChI=1S/C12H13NO3/c1-2-6-13-12(15)9-16-11-5-3-4-10(7-11)8-14/h1,3-5,7,14H,6,8-9H2,(H,13,15). The highest BCUT2D eigenvalue weighted by Crippen LogP contribution is 2.12. The summed E-state index contributed by atoms with van der Waals surface area (Å²) in [5, 5.41) is 11.4. The van der Waals surface area contributed by atoms with Crippen LogP contribution >= 0.6 is 0 Å². The second-order valence-corrected chi connectivity index (χ2v) is 3.08. The van der Waals surface area contributed by atoms with Crippen molar-refractivity contribution >= 4 is 5.91 Å². The Morgan fingerprint density at radius 2 is 2.38 bits per heavy atom. The number of rotatable bonds is 5. The summed E-state index contributed by atoms with van der Waals surface area (Å²) in [6.45, 7) is 0.0515. The Bertz CT molecular complexity index is 395.